The Morgan fingerprint density at radius 1 is 1.38 bits per heavy atom. The molecule has 0 unspecified atom stereocenters. The molecule has 1 heterocycles. The highest BCUT2D eigenvalue weighted by molar-refractivity contribution is 6.31. The molecule has 6 heteroatoms. The van der Waals surface area contributed by atoms with Crippen LogP contribution in [0.5, 0.6) is 0 Å². The van der Waals surface area contributed by atoms with Crippen LogP contribution < -0.4 is 11.2 Å². The minimum Gasteiger partial charge on any atom is -0.397 e. The van der Waals surface area contributed by atoms with E-state index in [1.807, 2.05) is 5.01 Å². The van der Waals surface area contributed by atoms with Crippen LogP contribution in [-0.4, -0.2) is 31.3 Å². The number of halogens is 2. The first-order valence-corrected chi connectivity index (χ1v) is 5.38. The Kier molecular flexibility index (Phi) is 3.48. The van der Waals surface area contributed by atoms with Gasteiger partial charge in [0.05, 0.1) is 29.6 Å². The Labute approximate surface area is 98.1 Å². The molecule has 2 rings (SSSR count). The average molecular weight is 246 g/mol. The molecule has 0 aromatic heterocycles. The maximum Gasteiger partial charge on any atom is 0.143 e. The summed E-state index contributed by atoms with van der Waals surface area (Å²) in [6.45, 7) is 2.85. The molecule has 3 N–H and O–H groups in total. The van der Waals surface area contributed by atoms with E-state index >= 15 is 0 Å². The van der Waals surface area contributed by atoms with Gasteiger partial charge < -0.3 is 15.9 Å². The summed E-state index contributed by atoms with van der Waals surface area (Å²) in [4.78, 5) is 0. The van der Waals surface area contributed by atoms with Gasteiger partial charge in [-0.25, -0.2) is 9.40 Å². The normalized spacial score (nSPS) is 17.4. The van der Waals surface area contributed by atoms with E-state index < -0.39 is 5.82 Å². The summed E-state index contributed by atoms with van der Waals surface area (Å²) in [5.74, 6) is -0.508. The average Bonchev–Trinajstić information content (AvgIpc) is 2.27. The first kappa shape index (κ1) is 11.4. The second kappa shape index (κ2) is 4.86. The third kappa shape index (κ3) is 2.55. The zero-order valence-corrected chi connectivity index (χ0v) is 9.43. The van der Waals surface area contributed by atoms with E-state index in [9.17, 15) is 4.39 Å². The topological polar surface area (TPSA) is 50.5 Å². The molecule has 0 bridgehead atoms. The molecule has 4 nitrogen and oxygen atoms in total. The molecule has 1 aliphatic heterocycles. The number of nitrogens with one attached hydrogen (secondary N) is 1. The molecule has 16 heavy (non-hydrogen) atoms. The standard InChI is InChI=1S/C10H13ClFN3O/c11-7-5-10(9(13)6-8(7)12)14-15-1-3-16-4-2-15/h5-6,14H,1-4,13H2. The Hall–Kier alpha value is -1.04. The highest BCUT2D eigenvalue weighted by Gasteiger charge is 2.12. The number of rotatable bonds is 2. The van der Waals surface area contributed by atoms with Crippen LogP contribution in [0.3, 0.4) is 0 Å². The Bertz CT molecular complexity index is 383. The van der Waals surface area contributed by atoms with E-state index in [1.54, 1.807) is 0 Å². The fourth-order valence-corrected chi connectivity index (χ4v) is 1.67. The van der Waals surface area contributed by atoms with Crippen molar-refractivity contribution in [2.24, 2.45) is 0 Å². The van der Waals surface area contributed by atoms with Gasteiger partial charge in [0.2, 0.25) is 0 Å². The Morgan fingerprint density at radius 3 is 2.75 bits per heavy atom. The lowest BCUT2D eigenvalue weighted by Crippen LogP contribution is -2.40. The van der Waals surface area contributed by atoms with Crippen LogP contribution in [0.4, 0.5) is 15.8 Å². The van der Waals surface area contributed by atoms with Crippen molar-refractivity contribution in [1.82, 2.24) is 5.01 Å². The number of nitrogen functional groups attached to an aromatic ring is 1. The minimum atomic E-state index is -0.508. The van der Waals surface area contributed by atoms with Crippen molar-refractivity contribution < 1.29 is 9.13 Å². The molecule has 1 aromatic rings. The summed E-state index contributed by atoms with van der Waals surface area (Å²) >= 11 is 5.69. The van der Waals surface area contributed by atoms with Gasteiger partial charge in [0.1, 0.15) is 5.82 Å². The molecular formula is C10H13ClFN3O. The van der Waals surface area contributed by atoms with Crippen LogP contribution in [0.1, 0.15) is 0 Å². The lowest BCUT2D eigenvalue weighted by atomic mass is 10.2. The summed E-state index contributed by atoms with van der Waals surface area (Å²) in [5.41, 5.74) is 9.74. The number of benzene rings is 1. The molecule has 0 amide bonds. The van der Waals surface area contributed by atoms with E-state index in [-0.39, 0.29) is 5.02 Å². The number of nitrogens with two attached hydrogens (primary N) is 1. The second-order valence-electron chi connectivity index (χ2n) is 3.56. The zero-order chi connectivity index (χ0) is 11.5. The van der Waals surface area contributed by atoms with Crippen LogP contribution in [0, 0.1) is 5.82 Å². The third-order valence-corrected chi connectivity index (χ3v) is 2.67. The Morgan fingerprint density at radius 2 is 2.06 bits per heavy atom. The van der Waals surface area contributed by atoms with Gasteiger partial charge >= 0.3 is 0 Å². The van der Waals surface area contributed by atoms with Gasteiger partial charge in [-0.3, -0.25) is 0 Å². The number of morpholine rings is 1. The van der Waals surface area contributed by atoms with Crippen molar-refractivity contribution >= 4 is 23.0 Å². The first-order valence-electron chi connectivity index (χ1n) is 5.00. The van der Waals surface area contributed by atoms with Crippen LogP contribution in [0.2, 0.25) is 5.02 Å². The number of nitrogens with zero attached hydrogens (tertiary/aromatic N) is 1. The van der Waals surface area contributed by atoms with E-state index in [4.69, 9.17) is 22.1 Å². The molecule has 0 radical (unpaired) electrons. The van der Waals surface area contributed by atoms with Gasteiger partial charge in [0.25, 0.3) is 0 Å². The molecule has 1 fully saturated rings. The highest BCUT2D eigenvalue weighted by Crippen LogP contribution is 2.26. The smallest absolute Gasteiger partial charge is 0.143 e. The number of hydrazine groups is 1. The summed E-state index contributed by atoms with van der Waals surface area (Å²) in [5, 5.41) is 2.02. The number of ether oxygens (including phenoxy) is 1. The van der Waals surface area contributed by atoms with Crippen LogP contribution in [0.25, 0.3) is 0 Å². The van der Waals surface area contributed by atoms with Crippen molar-refractivity contribution in [3.63, 3.8) is 0 Å². The number of anilines is 2. The fourth-order valence-electron chi connectivity index (χ4n) is 1.50. The summed E-state index contributed by atoms with van der Waals surface area (Å²) < 4.78 is 18.3. The molecular weight excluding hydrogens is 233 g/mol. The minimum absolute atomic E-state index is 0.0601. The first-order chi connectivity index (χ1) is 7.66. The highest BCUT2D eigenvalue weighted by atomic mass is 35.5. The molecule has 0 saturated carbocycles. The quantitative estimate of drug-likeness (QED) is 0.779. The van der Waals surface area contributed by atoms with Crippen molar-refractivity contribution in [3.05, 3.63) is 23.0 Å². The van der Waals surface area contributed by atoms with Crippen molar-refractivity contribution in [2.45, 2.75) is 0 Å². The van der Waals surface area contributed by atoms with Gasteiger partial charge in [0, 0.05) is 19.2 Å². The van der Waals surface area contributed by atoms with E-state index in [0.29, 0.717) is 24.6 Å². The molecule has 1 aliphatic rings. The molecule has 0 spiro atoms. The number of hydrogen-bond donors (Lipinski definition) is 2. The number of hydrogen-bond acceptors (Lipinski definition) is 4. The largest absolute Gasteiger partial charge is 0.397 e. The van der Waals surface area contributed by atoms with Crippen molar-refractivity contribution in [2.75, 3.05) is 37.5 Å². The summed E-state index contributed by atoms with van der Waals surface area (Å²) in [6, 6.07) is 2.70. The van der Waals surface area contributed by atoms with Gasteiger partial charge in [-0.2, -0.15) is 0 Å². The third-order valence-electron chi connectivity index (χ3n) is 2.38. The van der Waals surface area contributed by atoms with E-state index in [0.717, 1.165) is 13.1 Å². The zero-order valence-electron chi connectivity index (χ0n) is 8.67. The lowest BCUT2D eigenvalue weighted by Gasteiger charge is -2.28. The van der Waals surface area contributed by atoms with Crippen LogP contribution in [0.15, 0.2) is 12.1 Å². The monoisotopic (exact) mass is 245 g/mol. The maximum atomic E-state index is 13.1. The second-order valence-corrected chi connectivity index (χ2v) is 3.97. The summed E-state index contributed by atoms with van der Waals surface area (Å²) in [6.07, 6.45) is 0. The maximum absolute atomic E-state index is 13.1. The summed E-state index contributed by atoms with van der Waals surface area (Å²) in [7, 11) is 0. The molecule has 88 valence electrons. The van der Waals surface area contributed by atoms with E-state index in [2.05, 4.69) is 5.43 Å². The van der Waals surface area contributed by atoms with Crippen LogP contribution in [-0.2, 0) is 4.74 Å². The van der Waals surface area contributed by atoms with Crippen molar-refractivity contribution in [3.8, 4) is 0 Å². The predicted molar refractivity (Wildman–Crippen MR) is 61.8 cm³/mol. The fraction of sp³-hybridized carbons (Fsp3) is 0.400. The lowest BCUT2D eigenvalue weighted by molar-refractivity contribution is 0.0497. The van der Waals surface area contributed by atoms with Gasteiger partial charge in [-0.1, -0.05) is 11.6 Å². The van der Waals surface area contributed by atoms with Gasteiger partial charge in [-0.05, 0) is 6.07 Å². The molecule has 0 aliphatic carbocycles. The molecule has 0 atom stereocenters. The Balaban J connectivity index is 2.11. The molecule has 1 aromatic carbocycles. The van der Waals surface area contributed by atoms with E-state index in [1.165, 1.54) is 12.1 Å². The van der Waals surface area contributed by atoms with Gasteiger partial charge in [-0.15, -0.1) is 0 Å². The SMILES string of the molecule is Nc1cc(F)c(Cl)cc1NN1CCOCC1. The molecule has 1 saturated heterocycles. The van der Waals surface area contributed by atoms with Crippen molar-refractivity contribution in [1.29, 1.82) is 0 Å². The van der Waals surface area contributed by atoms with Crippen LogP contribution >= 0.6 is 11.6 Å². The predicted octanol–water partition coefficient (Wildman–Crippen LogP) is 1.72. The van der Waals surface area contributed by atoms with Gasteiger partial charge in [0.15, 0.2) is 0 Å².